The van der Waals surface area contributed by atoms with Crippen molar-refractivity contribution >= 4 is 34.4 Å². The van der Waals surface area contributed by atoms with E-state index in [1.54, 1.807) is 28.0 Å². The number of aromatic nitrogens is 7. The minimum Gasteiger partial charge on any atom is -0.332 e. The number of aryl methyl sites for hydroxylation is 2. The van der Waals surface area contributed by atoms with Gasteiger partial charge in [-0.25, -0.2) is 9.97 Å². The van der Waals surface area contributed by atoms with E-state index in [9.17, 15) is 0 Å². The lowest BCUT2D eigenvalue weighted by Gasteiger charge is -2.09. The van der Waals surface area contributed by atoms with Crippen LogP contribution >= 0.6 is 23.2 Å². The summed E-state index contributed by atoms with van der Waals surface area (Å²) in [6.07, 6.45) is 4.64. The van der Waals surface area contributed by atoms with E-state index in [0.717, 1.165) is 17.0 Å². The number of fused-ring (bicyclic) bond motifs is 1. The number of rotatable bonds is 3. The predicted molar refractivity (Wildman–Crippen MR) is 98.0 cm³/mol. The summed E-state index contributed by atoms with van der Waals surface area (Å²) in [5.74, 6) is 0.616. The van der Waals surface area contributed by atoms with Gasteiger partial charge in [0.25, 0.3) is 0 Å². The number of H-pyrrole nitrogens is 1. The average Bonchev–Trinajstić information content (AvgIpc) is 3.17. The zero-order valence-electron chi connectivity index (χ0n) is 14.0. The number of halogens is 2. The van der Waals surface area contributed by atoms with Gasteiger partial charge in [-0.2, -0.15) is 5.10 Å². The molecule has 0 fully saturated rings. The quantitative estimate of drug-likeness (QED) is 0.563. The van der Waals surface area contributed by atoms with E-state index in [1.807, 2.05) is 20.0 Å². The van der Waals surface area contributed by atoms with Crippen molar-refractivity contribution in [3.8, 4) is 11.5 Å². The zero-order valence-corrected chi connectivity index (χ0v) is 15.5. The highest BCUT2D eigenvalue weighted by Crippen LogP contribution is 2.25. The molecule has 4 aromatic heterocycles. The van der Waals surface area contributed by atoms with Crippen molar-refractivity contribution in [3.63, 3.8) is 0 Å². The monoisotopic (exact) mass is 388 g/mol. The molecule has 8 nitrogen and oxygen atoms in total. The Hall–Kier alpha value is -2.71. The van der Waals surface area contributed by atoms with Crippen molar-refractivity contribution in [1.82, 2.24) is 34.3 Å². The van der Waals surface area contributed by atoms with E-state index >= 15 is 0 Å². The first kappa shape index (κ1) is 16.7. The third-order valence-electron chi connectivity index (χ3n) is 4.05. The summed E-state index contributed by atoms with van der Waals surface area (Å²) >= 11 is 12.5. The molecule has 0 radical (unpaired) electrons. The van der Waals surface area contributed by atoms with Gasteiger partial charge < -0.3 is 9.55 Å². The van der Waals surface area contributed by atoms with E-state index < -0.39 is 0 Å². The largest absolute Gasteiger partial charge is 0.332 e. The fourth-order valence-corrected chi connectivity index (χ4v) is 3.30. The van der Waals surface area contributed by atoms with E-state index in [0.29, 0.717) is 33.6 Å². The van der Waals surface area contributed by atoms with Crippen LogP contribution in [0.1, 0.15) is 11.3 Å². The van der Waals surface area contributed by atoms with Gasteiger partial charge in [0, 0.05) is 25.0 Å². The molecule has 0 spiro atoms. The lowest BCUT2D eigenvalue weighted by atomic mass is 10.2. The van der Waals surface area contributed by atoms with Gasteiger partial charge in [-0.15, -0.1) is 0 Å². The molecule has 0 atom stereocenters. The molecule has 26 heavy (non-hydrogen) atoms. The van der Waals surface area contributed by atoms with Crippen LogP contribution in [0.2, 0.25) is 10.0 Å². The van der Waals surface area contributed by atoms with Gasteiger partial charge in [0.2, 0.25) is 0 Å². The van der Waals surface area contributed by atoms with Crippen molar-refractivity contribution in [3.05, 3.63) is 51.6 Å². The van der Waals surface area contributed by atoms with Crippen molar-refractivity contribution in [2.45, 2.75) is 13.5 Å². The first-order valence-corrected chi connectivity index (χ1v) is 8.48. The summed E-state index contributed by atoms with van der Waals surface area (Å²) in [6, 6.07) is 1.93. The van der Waals surface area contributed by atoms with Crippen LogP contribution in [0.4, 0.5) is 0 Å². The molecule has 0 aliphatic rings. The van der Waals surface area contributed by atoms with Gasteiger partial charge in [0.15, 0.2) is 17.0 Å². The highest BCUT2D eigenvalue weighted by molar-refractivity contribution is 6.35. The summed E-state index contributed by atoms with van der Waals surface area (Å²) in [6.45, 7) is 2.27. The summed E-state index contributed by atoms with van der Waals surface area (Å²) in [7, 11) is 1.85. The highest BCUT2D eigenvalue weighted by atomic mass is 35.5. The van der Waals surface area contributed by atoms with Crippen molar-refractivity contribution < 1.29 is 0 Å². The molecule has 0 amide bonds. The average molecular weight is 389 g/mol. The van der Waals surface area contributed by atoms with Gasteiger partial charge in [0.1, 0.15) is 11.2 Å². The zero-order chi connectivity index (χ0) is 18.4. The Morgan fingerprint density at radius 2 is 1.96 bits per heavy atom. The number of nitrogens with one attached hydrogen (secondary N) is 2. The summed E-state index contributed by atoms with van der Waals surface area (Å²) in [5, 5.41) is 13.3. The Bertz CT molecular complexity index is 1170. The van der Waals surface area contributed by atoms with Gasteiger partial charge >= 0.3 is 0 Å². The Kier molecular flexibility index (Phi) is 4.01. The summed E-state index contributed by atoms with van der Waals surface area (Å²) in [5.41, 5.74) is 3.65. The maximum atomic E-state index is 8.08. The van der Waals surface area contributed by atoms with Crippen LogP contribution in [-0.4, -0.2) is 34.3 Å². The third-order valence-corrected chi connectivity index (χ3v) is 4.70. The Morgan fingerprint density at radius 3 is 2.62 bits per heavy atom. The second kappa shape index (κ2) is 6.22. The van der Waals surface area contributed by atoms with Gasteiger partial charge in [-0.1, -0.05) is 23.2 Å². The second-order valence-corrected chi connectivity index (χ2v) is 6.70. The molecule has 2 N–H and O–H groups in total. The molecule has 0 aliphatic carbocycles. The summed E-state index contributed by atoms with van der Waals surface area (Å²) in [4.78, 5) is 15.9. The maximum absolute atomic E-state index is 8.08. The molecule has 0 bridgehead atoms. The fraction of sp³-hybridized carbons (Fsp3) is 0.188. The molecule has 0 unspecified atom stereocenters. The van der Waals surface area contributed by atoms with E-state index in [1.165, 1.54) is 0 Å². The highest BCUT2D eigenvalue weighted by Gasteiger charge is 2.15. The molecule has 4 heterocycles. The van der Waals surface area contributed by atoms with Gasteiger partial charge in [-0.05, 0) is 13.0 Å². The Balaban J connectivity index is 1.88. The Labute approximate surface area is 158 Å². The number of aromatic amines is 1. The van der Waals surface area contributed by atoms with Crippen LogP contribution in [0.3, 0.4) is 0 Å². The molecule has 0 saturated heterocycles. The molecule has 4 rings (SSSR count). The lowest BCUT2D eigenvalue weighted by Crippen LogP contribution is -2.13. The number of hydrogen-bond donors (Lipinski definition) is 2. The minimum absolute atomic E-state index is 0.112. The molecule has 0 saturated carbocycles. The maximum Gasteiger partial charge on any atom is 0.173 e. The second-order valence-electron chi connectivity index (χ2n) is 5.88. The molecular formula is C16H14Cl2N8. The SMILES string of the molecule is Cc1cc(-c2nc3c([nH]2)c(=N)ncn3Cc2c(Cl)cncc2Cl)n(C)n1. The first-order chi connectivity index (χ1) is 12.4. The third kappa shape index (κ3) is 2.77. The van der Waals surface area contributed by atoms with E-state index in [2.05, 4.69) is 25.0 Å². The lowest BCUT2D eigenvalue weighted by molar-refractivity contribution is 0.759. The van der Waals surface area contributed by atoms with E-state index in [4.69, 9.17) is 28.6 Å². The van der Waals surface area contributed by atoms with Crippen molar-refractivity contribution in [1.29, 1.82) is 5.41 Å². The number of imidazole rings is 1. The van der Waals surface area contributed by atoms with Gasteiger partial charge in [-0.3, -0.25) is 15.1 Å². The van der Waals surface area contributed by atoms with Crippen LogP contribution < -0.4 is 5.49 Å². The number of nitrogens with zero attached hydrogens (tertiary/aromatic N) is 6. The van der Waals surface area contributed by atoms with E-state index in [-0.39, 0.29) is 5.49 Å². The minimum atomic E-state index is 0.112. The summed E-state index contributed by atoms with van der Waals surface area (Å²) < 4.78 is 3.54. The first-order valence-electron chi connectivity index (χ1n) is 7.72. The topological polar surface area (TPSA) is 101 Å². The molecular weight excluding hydrogens is 375 g/mol. The normalized spacial score (nSPS) is 11.4. The molecule has 0 aromatic carbocycles. The van der Waals surface area contributed by atoms with Crippen LogP contribution in [0, 0.1) is 12.3 Å². The van der Waals surface area contributed by atoms with Crippen LogP contribution in [-0.2, 0) is 13.6 Å². The Morgan fingerprint density at radius 1 is 1.23 bits per heavy atom. The molecule has 4 aromatic rings. The smallest absolute Gasteiger partial charge is 0.173 e. The van der Waals surface area contributed by atoms with Gasteiger partial charge in [0.05, 0.1) is 28.6 Å². The van der Waals surface area contributed by atoms with Crippen LogP contribution in [0.5, 0.6) is 0 Å². The van der Waals surface area contributed by atoms with Crippen molar-refractivity contribution in [2.75, 3.05) is 0 Å². The van der Waals surface area contributed by atoms with Crippen LogP contribution in [0.15, 0.2) is 24.8 Å². The standard InChI is InChI=1S/C16H14Cl2N8/c1-8-3-12(25(2)24-8)15-22-13-14(19)21-7-26(16(13)23-15)6-9-10(17)4-20-5-11(9)18/h3-5,7,19H,6H2,1-2H3,(H,22,23). The molecule has 132 valence electrons. The fourth-order valence-electron chi connectivity index (χ4n) is 2.81. The number of pyridine rings is 1. The molecule has 0 aliphatic heterocycles. The molecule has 10 heteroatoms. The van der Waals surface area contributed by atoms with Crippen LogP contribution in [0.25, 0.3) is 22.7 Å². The van der Waals surface area contributed by atoms with Crippen molar-refractivity contribution in [2.24, 2.45) is 7.05 Å². The predicted octanol–water partition coefficient (Wildman–Crippen LogP) is 2.70. The number of hydrogen-bond acceptors (Lipinski definition) is 5.